The van der Waals surface area contributed by atoms with Crippen molar-refractivity contribution < 1.29 is 9.59 Å². The summed E-state index contributed by atoms with van der Waals surface area (Å²) < 4.78 is 2.37. The molecule has 0 radical (unpaired) electrons. The van der Waals surface area contributed by atoms with Crippen LogP contribution in [0.2, 0.25) is 0 Å². The van der Waals surface area contributed by atoms with Crippen molar-refractivity contribution in [2.45, 2.75) is 38.8 Å². The molecule has 178 valence electrons. The molecule has 2 heterocycles. The van der Waals surface area contributed by atoms with Crippen LogP contribution in [0.25, 0.3) is 11.4 Å². The molecule has 1 aliphatic heterocycles. The molecule has 0 unspecified atom stereocenters. The molecule has 3 N–H and O–H groups in total. The van der Waals surface area contributed by atoms with Crippen LogP contribution in [-0.2, 0) is 16.1 Å². The fourth-order valence-electron chi connectivity index (χ4n) is 4.12. The fraction of sp³-hybridized carbons (Fsp3) is 0.360. The van der Waals surface area contributed by atoms with E-state index >= 15 is 0 Å². The molecule has 0 bridgehead atoms. The highest BCUT2D eigenvalue weighted by Crippen LogP contribution is 2.18. The summed E-state index contributed by atoms with van der Waals surface area (Å²) in [6, 6.07) is 17.7. The van der Waals surface area contributed by atoms with Gasteiger partial charge in [-0.3, -0.25) is 24.2 Å². The molecule has 1 saturated heterocycles. The van der Waals surface area contributed by atoms with Crippen molar-refractivity contribution in [2.24, 2.45) is 0 Å². The zero-order valence-electron chi connectivity index (χ0n) is 19.3. The Labute approximate surface area is 204 Å². The van der Waals surface area contributed by atoms with Crippen LogP contribution >= 0.6 is 12.2 Å². The topological polar surface area (TPSA) is 95.1 Å². The van der Waals surface area contributed by atoms with E-state index in [0.29, 0.717) is 24.3 Å². The first-order valence-electron chi connectivity index (χ1n) is 11.6. The van der Waals surface area contributed by atoms with Crippen molar-refractivity contribution in [3.05, 3.63) is 64.9 Å². The molecule has 0 spiro atoms. The van der Waals surface area contributed by atoms with Crippen molar-refractivity contribution in [1.82, 2.24) is 25.0 Å². The largest absolute Gasteiger partial charge is 0.353 e. The van der Waals surface area contributed by atoms with Crippen LogP contribution < -0.4 is 10.6 Å². The van der Waals surface area contributed by atoms with Crippen LogP contribution in [0.4, 0.5) is 5.69 Å². The van der Waals surface area contributed by atoms with E-state index in [1.807, 2.05) is 66.1 Å². The van der Waals surface area contributed by atoms with Gasteiger partial charge in [0.1, 0.15) is 0 Å². The van der Waals surface area contributed by atoms with E-state index in [2.05, 4.69) is 25.7 Å². The molecule has 0 aliphatic carbocycles. The van der Waals surface area contributed by atoms with Crippen molar-refractivity contribution in [2.75, 3.05) is 25.0 Å². The van der Waals surface area contributed by atoms with Gasteiger partial charge in [-0.15, -0.1) is 0 Å². The number of aromatic amines is 1. The first-order valence-corrected chi connectivity index (χ1v) is 12.0. The van der Waals surface area contributed by atoms with Gasteiger partial charge in [-0.25, -0.2) is 0 Å². The van der Waals surface area contributed by atoms with Gasteiger partial charge in [-0.1, -0.05) is 48.0 Å². The highest BCUT2D eigenvalue weighted by atomic mass is 32.1. The normalized spacial score (nSPS) is 14.6. The zero-order valence-corrected chi connectivity index (χ0v) is 20.1. The van der Waals surface area contributed by atoms with Gasteiger partial charge < -0.3 is 10.6 Å². The number of nitrogens with zero attached hydrogens (tertiary/aromatic N) is 3. The number of rotatable bonds is 8. The van der Waals surface area contributed by atoms with Crippen molar-refractivity contribution in [3.63, 3.8) is 0 Å². The van der Waals surface area contributed by atoms with Gasteiger partial charge in [0.25, 0.3) is 0 Å². The summed E-state index contributed by atoms with van der Waals surface area (Å²) in [5, 5.41) is 13.2. The summed E-state index contributed by atoms with van der Waals surface area (Å²) in [4.78, 5) is 27.0. The molecule has 0 atom stereocenters. The number of aromatic nitrogens is 3. The minimum Gasteiger partial charge on any atom is -0.353 e. The average Bonchev–Trinajstić information content (AvgIpc) is 3.20. The summed E-state index contributed by atoms with van der Waals surface area (Å²) >= 11 is 5.38. The molecule has 2 aromatic carbocycles. The van der Waals surface area contributed by atoms with E-state index in [-0.39, 0.29) is 17.9 Å². The highest BCUT2D eigenvalue weighted by molar-refractivity contribution is 7.71. The van der Waals surface area contributed by atoms with Crippen LogP contribution in [0.15, 0.2) is 54.6 Å². The van der Waals surface area contributed by atoms with Gasteiger partial charge in [0, 0.05) is 43.3 Å². The molecular weight excluding hydrogens is 448 g/mol. The lowest BCUT2D eigenvalue weighted by Gasteiger charge is -2.31. The predicted molar refractivity (Wildman–Crippen MR) is 135 cm³/mol. The Morgan fingerprint density at radius 1 is 1.06 bits per heavy atom. The molecule has 4 rings (SSSR count). The lowest BCUT2D eigenvalue weighted by atomic mass is 10.0. The van der Waals surface area contributed by atoms with Crippen LogP contribution in [0.3, 0.4) is 0 Å². The maximum atomic E-state index is 12.6. The number of piperidine rings is 1. The average molecular weight is 479 g/mol. The lowest BCUT2D eigenvalue weighted by Crippen LogP contribution is -2.46. The van der Waals surface area contributed by atoms with E-state index < -0.39 is 0 Å². The van der Waals surface area contributed by atoms with Gasteiger partial charge >= 0.3 is 0 Å². The number of benzene rings is 2. The standard InChI is InChI=1S/C25H30N6O2S/c1-18-7-9-19(10-8-18)24-28-29-25(34)31(24)16-13-22(32)26-21-11-14-30(15-12-21)17-23(33)27-20-5-3-2-4-6-20/h2-10,21H,11-17H2,1H3,(H,26,32)(H,27,33)(H,29,34). The summed E-state index contributed by atoms with van der Waals surface area (Å²) in [6.45, 7) is 4.41. The zero-order chi connectivity index (χ0) is 23.9. The number of carbonyl (C=O) groups is 2. The van der Waals surface area contributed by atoms with E-state index in [4.69, 9.17) is 12.2 Å². The molecular formula is C25H30N6O2S. The first kappa shape index (κ1) is 23.8. The van der Waals surface area contributed by atoms with E-state index in [9.17, 15) is 9.59 Å². The second-order valence-corrected chi connectivity index (χ2v) is 9.04. The Hall–Kier alpha value is -3.30. The molecule has 1 aromatic heterocycles. The number of hydrogen-bond donors (Lipinski definition) is 3. The van der Waals surface area contributed by atoms with Crippen LogP contribution in [0.1, 0.15) is 24.8 Å². The fourth-order valence-corrected chi connectivity index (χ4v) is 4.35. The Balaban J connectivity index is 1.22. The lowest BCUT2D eigenvalue weighted by molar-refractivity contribution is -0.123. The monoisotopic (exact) mass is 478 g/mol. The third-order valence-corrected chi connectivity index (χ3v) is 6.32. The predicted octanol–water partition coefficient (Wildman–Crippen LogP) is 3.53. The van der Waals surface area contributed by atoms with Crippen molar-refractivity contribution in [3.8, 4) is 11.4 Å². The number of carbonyl (C=O) groups excluding carboxylic acids is 2. The Morgan fingerprint density at radius 2 is 1.76 bits per heavy atom. The highest BCUT2D eigenvalue weighted by Gasteiger charge is 2.22. The second kappa shape index (κ2) is 11.2. The van der Waals surface area contributed by atoms with E-state index in [0.717, 1.165) is 43.0 Å². The molecule has 9 heteroatoms. The minimum absolute atomic E-state index is 0.00164. The number of nitrogens with one attached hydrogen (secondary N) is 3. The van der Waals surface area contributed by atoms with Gasteiger partial charge in [-0.2, -0.15) is 5.10 Å². The Morgan fingerprint density at radius 3 is 2.47 bits per heavy atom. The number of hydrogen-bond acceptors (Lipinski definition) is 5. The van der Waals surface area contributed by atoms with Crippen molar-refractivity contribution in [1.29, 1.82) is 0 Å². The minimum atomic E-state index is -0.0186. The number of para-hydroxylation sites is 1. The first-order chi connectivity index (χ1) is 16.5. The molecule has 0 saturated carbocycles. The molecule has 34 heavy (non-hydrogen) atoms. The second-order valence-electron chi connectivity index (χ2n) is 8.65. The molecule has 8 nitrogen and oxygen atoms in total. The Kier molecular flexibility index (Phi) is 7.87. The van der Waals surface area contributed by atoms with E-state index in [1.54, 1.807) is 0 Å². The molecule has 3 aromatic rings. The van der Waals surface area contributed by atoms with Crippen LogP contribution in [0, 0.1) is 11.7 Å². The molecule has 1 fully saturated rings. The van der Waals surface area contributed by atoms with Crippen LogP contribution in [0.5, 0.6) is 0 Å². The number of H-pyrrole nitrogens is 1. The Bertz CT molecular complexity index is 1160. The van der Waals surface area contributed by atoms with Crippen LogP contribution in [-0.4, -0.2) is 57.2 Å². The van der Waals surface area contributed by atoms with E-state index in [1.165, 1.54) is 5.56 Å². The third-order valence-electron chi connectivity index (χ3n) is 6.01. The van der Waals surface area contributed by atoms with Gasteiger partial charge in [0.15, 0.2) is 10.6 Å². The number of likely N-dealkylation sites (tertiary alicyclic amines) is 1. The SMILES string of the molecule is Cc1ccc(-c2n[nH]c(=S)n2CCC(=O)NC2CCN(CC(=O)Nc3ccccc3)CC2)cc1. The van der Waals surface area contributed by atoms with Gasteiger partial charge in [0.2, 0.25) is 11.8 Å². The quantitative estimate of drug-likeness (QED) is 0.431. The summed E-state index contributed by atoms with van der Waals surface area (Å²) in [5.41, 5.74) is 2.94. The summed E-state index contributed by atoms with van der Waals surface area (Å²) in [7, 11) is 0. The van der Waals surface area contributed by atoms with Crippen molar-refractivity contribution >= 4 is 29.7 Å². The number of amides is 2. The maximum Gasteiger partial charge on any atom is 0.238 e. The molecule has 2 amide bonds. The van der Waals surface area contributed by atoms with Gasteiger partial charge in [-0.05, 0) is 44.1 Å². The summed E-state index contributed by atoms with van der Waals surface area (Å²) in [5.74, 6) is 0.716. The maximum absolute atomic E-state index is 12.6. The smallest absolute Gasteiger partial charge is 0.238 e. The van der Waals surface area contributed by atoms with Gasteiger partial charge in [0.05, 0.1) is 6.54 Å². The third kappa shape index (κ3) is 6.39. The summed E-state index contributed by atoms with van der Waals surface area (Å²) in [6.07, 6.45) is 1.97. The number of anilines is 1. The number of aryl methyl sites for hydroxylation is 1. The molecule has 1 aliphatic rings.